The molecule has 0 amide bonds. The molecular formula is C14H14ClN5. The first-order valence-corrected chi connectivity index (χ1v) is 6.75. The molecule has 3 aromatic rings. The van der Waals surface area contributed by atoms with E-state index in [2.05, 4.69) is 30.9 Å². The van der Waals surface area contributed by atoms with E-state index >= 15 is 0 Å². The zero-order valence-corrected chi connectivity index (χ0v) is 11.8. The minimum atomic E-state index is 0.388. The molecule has 102 valence electrons. The number of aromatic nitrogens is 4. The van der Waals surface area contributed by atoms with Gasteiger partial charge in [0.1, 0.15) is 16.8 Å². The second kappa shape index (κ2) is 5.46. The quantitative estimate of drug-likeness (QED) is 0.802. The van der Waals surface area contributed by atoms with Gasteiger partial charge in [0.05, 0.1) is 23.4 Å². The maximum Gasteiger partial charge on any atom is 0.149 e. The predicted octanol–water partition coefficient (Wildman–Crippen LogP) is 2.90. The highest BCUT2D eigenvalue weighted by Crippen LogP contribution is 2.15. The summed E-state index contributed by atoms with van der Waals surface area (Å²) in [6.45, 7) is 3.55. The fraction of sp³-hybridized carbons (Fsp3) is 0.214. The maximum atomic E-state index is 5.80. The van der Waals surface area contributed by atoms with Crippen LogP contribution in [0.1, 0.15) is 5.82 Å². The van der Waals surface area contributed by atoms with Crippen molar-refractivity contribution in [1.29, 1.82) is 0 Å². The predicted molar refractivity (Wildman–Crippen MR) is 80.0 cm³/mol. The van der Waals surface area contributed by atoms with E-state index in [1.807, 2.05) is 25.1 Å². The van der Waals surface area contributed by atoms with Gasteiger partial charge in [-0.1, -0.05) is 23.7 Å². The smallest absolute Gasteiger partial charge is 0.149 e. The Bertz CT molecular complexity index is 737. The fourth-order valence-electron chi connectivity index (χ4n) is 2.20. The zero-order valence-electron chi connectivity index (χ0n) is 11.0. The number of nitrogens with one attached hydrogen (secondary N) is 1. The number of benzene rings is 1. The van der Waals surface area contributed by atoms with Crippen molar-refractivity contribution in [2.75, 3.05) is 11.9 Å². The molecule has 0 spiro atoms. The van der Waals surface area contributed by atoms with Crippen molar-refractivity contribution in [2.24, 2.45) is 0 Å². The molecule has 0 aliphatic rings. The summed E-state index contributed by atoms with van der Waals surface area (Å²) >= 11 is 5.80. The van der Waals surface area contributed by atoms with Crippen LogP contribution in [0.5, 0.6) is 0 Å². The Morgan fingerprint density at radius 2 is 2.05 bits per heavy atom. The number of hydrogen-bond acceptors (Lipinski definition) is 4. The van der Waals surface area contributed by atoms with E-state index in [0.717, 1.165) is 29.9 Å². The largest absolute Gasteiger partial charge is 0.367 e. The third-order valence-corrected chi connectivity index (χ3v) is 3.27. The average molecular weight is 288 g/mol. The molecule has 0 unspecified atom stereocenters. The van der Waals surface area contributed by atoms with E-state index in [1.165, 1.54) is 6.20 Å². The van der Waals surface area contributed by atoms with Crippen molar-refractivity contribution in [3.8, 4) is 0 Å². The van der Waals surface area contributed by atoms with E-state index in [0.29, 0.717) is 11.0 Å². The van der Waals surface area contributed by atoms with Gasteiger partial charge in [-0.2, -0.15) is 0 Å². The molecular weight excluding hydrogens is 274 g/mol. The van der Waals surface area contributed by atoms with E-state index < -0.39 is 0 Å². The molecule has 0 saturated heterocycles. The third-order valence-electron chi connectivity index (χ3n) is 3.09. The van der Waals surface area contributed by atoms with Crippen LogP contribution in [-0.4, -0.2) is 26.1 Å². The number of anilines is 1. The minimum absolute atomic E-state index is 0.388. The summed E-state index contributed by atoms with van der Waals surface area (Å²) in [5, 5.41) is 3.60. The number of nitrogens with zero attached hydrogens (tertiary/aromatic N) is 4. The van der Waals surface area contributed by atoms with Crippen LogP contribution in [0.3, 0.4) is 0 Å². The van der Waals surface area contributed by atoms with Crippen LogP contribution in [0.4, 0.5) is 5.82 Å². The molecule has 0 atom stereocenters. The van der Waals surface area contributed by atoms with Crippen molar-refractivity contribution < 1.29 is 0 Å². The van der Waals surface area contributed by atoms with Gasteiger partial charge in [0.2, 0.25) is 0 Å². The topological polar surface area (TPSA) is 55.6 Å². The fourth-order valence-corrected chi connectivity index (χ4v) is 2.35. The lowest BCUT2D eigenvalue weighted by Gasteiger charge is -2.08. The number of hydrogen-bond donors (Lipinski definition) is 1. The molecule has 6 heteroatoms. The summed E-state index contributed by atoms with van der Waals surface area (Å²) in [4.78, 5) is 12.7. The van der Waals surface area contributed by atoms with Crippen LogP contribution < -0.4 is 5.32 Å². The summed E-state index contributed by atoms with van der Waals surface area (Å²) in [5.74, 6) is 1.68. The molecule has 20 heavy (non-hydrogen) atoms. The second-order valence-corrected chi connectivity index (χ2v) is 4.84. The lowest BCUT2D eigenvalue weighted by atomic mass is 10.3. The van der Waals surface area contributed by atoms with Crippen LogP contribution in [0.15, 0.2) is 36.7 Å². The molecule has 1 aromatic carbocycles. The van der Waals surface area contributed by atoms with Gasteiger partial charge in [-0.05, 0) is 19.1 Å². The van der Waals surface area contributed by atoms with Crippen molar-refractivity contribution in [3.05, 3.63) is 47.6 Å². The SMILES string of the molecule is Cc1nc2ccccc2n1CCNc1cncc(Cl)n1. The first-order chi connectivity index (χ1) is 9.74. The van der Waals surface area contributed by atoms with E-state index in [1.54, 1.807) is 6.20 Å². The molecule has 0 radical (unpaired) electrons. The van der Waals surface area contributed by atoms with Gasteiger partial charge in [-0.25, -0.2) is 9.97 Å². The van der Waals surface area contributed by atoms with Crippen molar-refractivity contribution in [1.82, 2.24) is 19.5 Å². The number of halogens is 1. The first kappa shape index (κ1) is 12.9. The molecule has 0 bridgehead atoms. The summed E-state index contributed by atoms with van der Waals surface area (Å²) in [6.07, 6.45) is 3.17. The van der Waals surface area contributed by atoms with Gasteiger partial charge < -0.3 is 9.88 Å². The van der Waals surface area contributed by atoms with Crippen LogP contribution >= 0.6 is 11.6 Å². The third kappa shape index (κ3) is 2.58. The number of fused-ring (bicyclic) bond motifs is 1. The van der Waals surface area contributed by atoms with E-state index in [9.17, 15) is 0 Å². The Kier molecular flexibility index (Phi) is 3.52. The molecule has 2 heterocycles. The molecule has 2 aromatic heterocycles. The summed E-state index contributed by atoms with van der Waals surface area (Å²) in [6, 6.07) is 8.12. The summed E-state index contributed by atoms with van der Waals surface area (Å²) in [7, 11) is 0. The Morgan fingerprint density at radius 1 is 1.20 bits per heavy atom. The Balaban J connectivity index is 1.73. The van der Waals surface area contributed by atoms with E-state index in [4.69, 9.17) is 11.6 Å². The zero-order chi connectivity index (χ0) is 13.9. The standard InChI is InChI=1S/C14H14ClN5/c1-10-18-11-4-2-3-5-12(11)20(10)7-6-17-14-9-16-8-13(15)19-14/h2-5,8-9H,6-7H2,1H3,(H,17,19). The molecule has 0 fully saturated rings. The van der Waals surface area contributed by atoms with Crippen LogP contribution in [0.25, 0.3) is 11.0 Å². The molecule has 0 saturated carbocycles. The highest BCUT2D eigenvalue weighted by Gasteiger charge is 2.06. The second-order valence-electron chi connectivity index (χ2n) is 4.45. The summed E-state index contributed by atoms with van der Waals surface area (Å²) < 4.78 is 2.18. The number of aryl methyl sites for hydroxylation is 1. The van der Waals surface area contributed by atoms with Crippen molar-refractivity contribution >= 4 is 28.5 Å². The van der Waals surface area contributed by atoms with Gasteiger partial charge in [0.25, 0.3) is 0 Å². The Morgan fingerprint density at radius 3 is 2.90 bits per heavy atom. The van der Waals surface area contributed by atoms with Gasteiger partial charge >= 0.3 is 0 Å². The van der Waals surface area contributed by atoms with Gasteiger partial charge in [-0.3, -0.25) is 4.98 Å². The lowest BCUT2D eigenvalue weighted by Crippen LogP contribution is -2.12. The first-order valence-electron chi connectivity index (χ1n) is 6.37. The molecule has 3 rings (SSSR count). The molecule has 1 N–H and O–H groups in total. The Labute approximate surface area is 121 Å². The molecule has 5 nitrogen and oxygen atoms in total. The lowest BCUT2D eigenvalue weighted by molar-refractivity contribution is 0.720. The van der Waals surface area contributed by atoms with Crippen LogP contribution in [-0.2, 0) is 6.54 Å². The van der Waals surface area contributed by atoms with Gasteiger partial charge in [-0.15, -0.1) is 0 Å². The van der Waals surface area contributed by atoms with Gasteiger partial charge in [0, 0.05) is 13.1 Å². The van der Waals surface area contributed by atoms with Crippen molar-refractivity contribution in [3.63, 3.8) is 0 Å². The summed E-state index contributed by atoms with van der Waals surface area (Å²) in [5.41, 5.74) is 2.16. The number of para-hydroxylation sites is 2. The number of rotatable bonds is 4. The average Bonchev–Trinajstić information content (AvgIpc) is 2.75. The number of imidazole rings is 1. The van der Waals surface area contributed by atoms with Crippen LogP contribution in [0, 0.1) is 6.92 Å². The Hall–Kier alpha value is -2.14. The van der Waals surface area contributed by atoms with Crippen LogP contribution in [0.2, 0.25) is 5.15 Å². The molecule has 0 aliphatic heterocycles. The maximum absolute atomic E-state index is 5.80. The normalized spacial score (nSPS) is 10.9. The highest BCUT2D eigenvalue weighted by molar-refractivity contribution is 6.29. The monoisotopic (exact) mass is 287 g/mol. The van der Waals surface area contributed by atoms with Gasteiger partial charge in [0.15, 0.2) is 0 Å². The minimum Gasteiger partial charge on any atom is -0.367 e. The molecule has 0 aliphatic carbocycles. The van der Waals surface area contributed by atoms with E-state index in [-0.39, 0.29) is 0 Å². The van der Waals surface area contributed by atoms with Crippen molar-refractivity contribution in [2.45, 2.75) is 13.5 Å². The highest BCUT2D eigenvalue weighted by atomic mass is 35.5.